The number of nitrogens with zero attached hydrogens (tertiary/aromatic N) is 1. The van der Waals surface area contributed by atoms with Gasteiger partial charge in [0.1, 0.15) is 10.6 Å². The van der Waals surface area contributed by atoms with Gasteiger partial charge in [-0.15, -0.1) is 0 Å². The van der Waals surface area contributed by atoms with Gasteiger partial charge >= 0.3 is 6.18 Å². The Kier molecular flexibility index (Phi) is 6.58. The first-order valence-corrected chi connectivity index (χ1v) is 15.5. The number of hydrogen-bond acceptors (Lipinski definition) is 5. The van der Waals surface area contributed by atoms with Gasteiger partial charge in [-0.1, -0.05) is 6.42 Å². The first kappa shape index (κ1) is 27.3. The number of halogens is 5. The van der Waals surface area contributed by atoms with Crippen molar-refractivity contribution in [2.45, 2.75) is 54.0 Å². The summed E-state index contributed by atoms with van der Waals surface area (Å²) in [6, 6.07) is 4.35. The third kappa shape index (κ3) is 4.40. The van der Waals surface area contributed by atoms with Gasteiger partial charge in [-0.2, -0.15) is 17.5 Å². The molecule has 2 fully saturated rings. The molecule has 2 aromatic rings. The lowest BCUT2D eigenvalue weighted by atomic mass is 9.67. The van der Waals surface area contributed by atoms with Crippen molar-refractivity contribution in [3.63, 3.8) is 0 Å². The van der Waals surface area contributed by atoms with Gasteiger partial charge in [0.2, 0.25) is 10.0 Å². The molecule has 1 heterocycles. The fraction of sp³-hybridized carbons (Fsp3) is 0.520. The van der Waals surface area contributed by atoms with Crippen LogP contribution in [0.2, 0.25) is 0 Å². The molecule has 0 spiro atoms. The standard InChI is InChI=1S/C25H26F5NO5S2/c1-37(32,33)31(17-6-7-17)13-15-3-2-12-24(19(15)14-36-23-21(27)11-10-20(26)22(23)24)38(34,35)18-8-4-16(5-9-18)25(28,29)30/h4-5,8-11,15,17,19H,2-3,6-7,12-14H2,1H3/t15-,19-,24-/m0/s1. The van der Waals surface area contributed by atoms with E-state index in [1.54, 1.807) is 0 Å². The second kappa shape index (κ2) is 9.16. The molecule has 38 heavy (non-hydrogen) atoms. The molecule has 3 aliphatic rings. The molecular weight excluding hydrogens is 553 g/mol. The number of sulfone groups is 1. The zero-order chi connectivity index (χ0) is 27.7. The molecule has 208 valence electrons. The van der Waals surface area contributed by atoms with Crippen LogP contribution in [0.5, 0.6) is 5.75 Å². The molecule has 2 saturated carbocycles. The Hall–Kier alpha value is -2.25. The van der Waals surface area contributed by atoms with Crippen LogP contribution in [-0.2, 0) is 30.8 Å². The van der Waals surface area contributed by atoms with Crippen LogP contribution < -0.4 is 4.74 Å². The van der Waals surface area contributed by atoms with Gasteiger partial charge in [-0.25, -0.2) is 25.6 Å². The van der Waals surface area contributed by atoms with Crippen LogP contribution in [0.4, 0.5) is 22.0 Å². The summed E-state index contributed by atoms with van der Waals surface area (Å²) < 4.78 is 128. The first-order chi connectivity index (χ1) is 17.7. The molecule has 3 atom stereocenters. The van der Waals surface area contributed by atoms with Gasteiger partial charge in [0.15, 0.2) is 21.4 Å². The largest absolute Gasteiger partial charge is 0.490 e. The number of benzene rings is 2. The Morgan fingerprint density at radius 2 is 1.61 bits per heavy atom. The minimum absolute atomic E-state index is 0.0198. The van der Waals surface area contributed by atoms with Crippen molar-refractivity contribution in [1.29, 1.82) is 0 Å². The van der Waals surface area contributed by atoms with Crippen molar-refractivity contribution in [3.05, 3.63) is 59.2 Å². The molecule has 2 aromatic carbocycles. The van der Waals surface area contributed by atoms with Crippen molar-refractivity contribution < 1.29 is 43.5 Å². The topological polar surface area (TPSA) is 80.8 Å². The molecule has 1 aliphatic heterocycles. The number of sulfonamides is 1. The van der Waals surface area contributed by atoms with Crippen LogP contribution in [0.3, 0.4) is 0 Å². The lowest BCUT2D eigenvalue weighted by molar-refractivity contribution is -0.137. The maximum atomic E-state index is 15.5. The van der Waals surface area contributed by atoms with Crippen molar-refractivity contribution >= 4 is 19.9 Å². The van der Waals surface area contributed by atoms with Crippen molar-refractivity contribution in [2.75, 3.05) is 19.4 Å². The highest BCUT2D eigenvalue weighted by molar-refractivity contribution is 7.92. The Morgan fingerprint density at radius 1 is 0.974 bits per heavy atom. The highest BCUT2D eigenvalue weighted by Gasteiger charge is 2.61. The minimum Gasteiger partial charge on any atom is -0.490 e. The molecule has 0 N–H and O–H groups in total. The quantitative estimate of drug-likeness (QED) is 0.456. The third-order valence-electron chi connectivity index (χ3n) is 7.95. The lowest BCUT2D eigenvalue weighted by Gasteiger charge is -2.51. The number of alkyl halides is 3. The summed E-state index contributed by atoms with van der Waals surface area (Å²) in [6.07, 6.45) is -1.75. The minimum atomic E-state index is -4.70. The van der Waals surface area contributed by atoms with Gasteiger partial charge in [0.25, 0.3) is 0 Å². The number of ether oxygens (including phenoxy) is 1. The van der Waals surface area contributed by atoms with Gasteiger partial charge < -0.3 is 4.74 Å². The van der Waals surface area contributed by atoms with E-state index in [0.29, 0.717) is 31.4 Å². The predicted octanol–water partition coefficient (Wildman–Crippen LogP) is 4.89. The smallest absolute Gasteiger partial charge is 0.416 e. The van der Waals surface area contributed by atoms with Crippen molar-refractivity contribution in [3.8, 4) is 5.75 Å². The van der Waals surface area contributed by atoms with Crippen LogP contribution in [-0.4, -0.2) is 46.6 Å². The van der Waals surface area contributed by atoms with E-state index in [2.05, 4.69) is 0 Å². The van der Waals surface area contributed by atoms with E-state index in [-0.39, 0.29) is 32.0 Å². The van der Waals surface area contributed by atoms with Gasteiger partial charge in [0.05, 0.1) is 28.9 Å². The zero-order valence-electron chi connectivity index (χ0n) is 20.3. The Balaban J connectivity index is 1.68. The second-order valence-electron chi connectivity index (χ2n) is 10.3. The fourth-order valence-corrected chi connectivity index (χ4v) is 9.75. The summed E-state index contributed by atoms with van der Waals surface area (Å²) in [4.78, 5) is -0.463. The van der Waals surface area contributed by atoms with Crippen LogP contribution in [0.15, 0.2) is 41.3 Å². The number of rotatable bonds is 6. The number of hydrogen-bond donors (Lipinski definition) is 0. The molecule has 0 radical (unpaired) electrons. The Bertz CT molecular complexity index is 1460. The lowest BCUT2D eigenvalue weighted by Crippen LogP contribution is -2.56. The monoisotopic (exact) mass is 579 g/mol. The average Bonchev–Trinajstić information content (AvgIpc) is 3.68. The highest BCUT2D eigenvalue weighted by Crippen LogP contribution is 2.58. The fourth-order valence-electron chi connectivity index (χ4n) is 6.09. The molecule has 5 rings (SSSR count). The molecule has 2 aliphatic carbocycles. The summed E-state index contributed by atoms with van der Waals surface area (Å²) >= 11 is 0. The summed E-state index contributed by atoms with van der Waals surface area (Å²) in [6.45, 7) is -0.339. The van der Waals surface area contributed by atoms with E-state index < -0.39 is 76.0 Å². The maximum absolute atomic E-state index is 15.5. The second-order valence-corrected chi connectivity index (χ2v) is 14.4. The summed E-state index contributed by atoms with van der Waals surface area (Å²) in [5.74, 6) is -4.07. The van der Waals surface area contributed by atoms with E-state index in [1.165, 1.54) is 4.31 Å². The average molecular weight is 580 g/mol. The zero-order valence-corrected chi connectivity index (χ0v) is 22.0. The summed E-state index contributed by atoms with van der Waals surface area (Å²) in [5.41, 5.74) is -1.54. The molecule has 13 heteroatoms. The van der Waals surface area contributed by atoms with Gasteiger partial charge in [0, 0.05) is 18.5 Å². The molecular formula is C25H26F5NO5S2. The third-order valence-corrected chi connectivity index (χ3v) is 11.8. The summed E-state index contributed by atoms with van der Waals surface area (Å²) in [7, 11) is -8.27. The van der Waals surface area contributed by atoms with Crippen LogP contribution >= 0.6 is 0 Å². The molecule has 0 bridgehead atoms. The van der Waals surface area contributed by atoms with E-state index >= 15 is 4.39 Å². The highest BCUT2D eigenvalue weighted by atomic mass is 32.2. The van der Waals surface area contributed by atoms with Crippen LogP contribution in [0.1, 0.15) is 43.2 Å². The molecule has 0 amide bonds. The van der Waals surface area contributed by atoms with Crippen molar-refractivity contribution in [1.82, 2.24) is 4.31 Å². The molecule has 0 aromatic heterocycles. The SMILES string of the molecule is CS(=O)(=O)N(C[C@@H]1CCC[C@@]2(S(=O)(=O)c3ccc(C(F)(F)F)cc3)c3c(F)ccc(F)c3OC[C@@H]12)C1CC1. The molecule has 0 saturated heterocycles. The van der Waals surface area contributed by atoms with Crippen LogP contribution in [0, 0.1) is 23.5 Å². The van der Waals surface area contributed by atoms with E-state index in [9.17, 15) is 34.4 Å². The van der Waals surface area contributed by atoms with E-state index in [0.717, 1.165) is 30.5 Å². The normalized spacial score (nSPS) is 26.0. The van der Waals surface area contributed by atoms with E-state index in [1.807, 2.05) is 0 Å². The Labute approximate surface area is 217 Å². The maximum Gasteiger partial charge on any atom is 0.416 e. The van der Waals surface area contributed by atoms with Gasteiger partial charge in [-0.05, 0) is 68.0 Å². The molecule has 0 unspecified atom stereocenters. The first-order valence-electron chi connectivity index (χ1n) is 12.2. The molecule has 6 nitrogen and oxygen atoms in total. The predicted molar refractivity (Wildman–Crippen MR) is 128 cm³/mol. The Morgan fingerprint density at radius 3 is 2.18 bits per heavy atom. The van der Waals surface area contributed by atoms with Gasteiger partial charge in [-0.3, -0.25) is 0 Å². The summed E-state index contributed by atoms with van der Waals surface area (Å²) in [5, 5.41) is 0. The van der Waals surface area contributed by atoms with E-state index in [4.69, 9.17) is 4.74 Å². The number of fused-ring (bicyclic) bond motifs is 3. The van der Waals surface area contributed by atoms with Crippen LogP contribution in [0.25, 0.3) is 0 Å². The van der Waals surface area contributed by atoms with Crippen molar-refractivity contribution in [2.24, 2.45) is 11.8 Å².